The average Bonchev–Trinajstić information content (AvgIpc) is 2.57. The average molecular weight is 304 g/mol. The molecule has 1 aliphatic carbocycles. The number of nitro groups is 1. The fourth-order valence-corrected chi connectivity index (χ4v) is 3.57. The minimum atomic E-state index is -0.404. The van der Waals surface area contributed by atoms with Gasteiger partial charge in [0.1, 0.15) is 12.0 Å². The van der Waals surface area contributed by atoms with Crippen molar-refractivity contribution in [2.24, 2.45) is 5.92 Å². The van der Waals surface area contributed by atoms with Gasteiger partial charge in [-0.2, -0.15) is 0 Å². The molecule has 0 aromatic carbocycles. The summed E-state index contributed by atoms with van der Waals surface area (Å²) in [6, 6.07) is 3.30. The molecule has 1 saturated heterocycles. The van der Waals surface area contributed by atoms with Crippen LogP contribution in [0, 0.1) is 16.0 Å². The fraction of sp³-hybridized carbons (Fsp3) is 0.688. The number of aromatic nitrogens is 1. The van der Waals surface area contributed by atoms with Crippen LogP contribution in [0.15, 0.2) is 18.3 Å². The zero-order valence-electron chi connectivity index (χ0n) is 13.0. The zero-order valence-corrected chi connectivity index (χ0v) is 13.0. The predicted molar refractivity (Wildman–Crippen MR) is 86.1 cm³/mol. The largest absolute Gasteiger partial charge is 0.354 e. The molecule has 1 aromatic heterocycles. The van der Waals surface area contributed by atoms with Gasteiger partial charge in [-0.3, -0.25) is 15.0 Å². The van der Waals surface area contributed by atoms with Crippen LogP contribution in [0.1, 0.15) is 32.1 Å². The molecule has 120 valence electrons. The van der Waals surface area contributed by atoms with Crippen molar-refractivity contribution in [2.45, 2.75) is 32.1 Å². The van der Waals surface area contributed by atoms with Gasteiger partial charge in [0, 0.05) is 38.8 Å². The van der Waals surface area contributed by atoms with Crippen LogP contribution >= 0.6 is 0 Å². The number of piperazine rings is 1. The second-order valence-corrected chi connectivity index (χ2v) is 6.42. The van der Waals surface area contributed by atoms with E-state index in [-0.39, 0.29) is 5.69 Å². The molecule has 22 heavy (non-hydrogen) atoms. The van der Waals surface area contributed by atoms with Crippen LogP contribution in [-0.2, 0) is 0 Å². The maximum atomic E-state index is 10.7. The second kappa shape index (κ2) is 7.05. The minimum Gasteiger partial charge on any atom is -0.354 e. The van der Waals surface area contributed by atoms with Crippen LogP contribution in [0.5, 0.6) is 0 Å². The van der Waals surface area contributed by atoms with Crippen molar-refractivity contribution >= 4 is 11.5 Å². The van der Waals surface area contributed by atoms with Gasteiger partial charge in [0.2, 0.25) is 0 Å². The molecule has 2 heterocycles. The predicted octanol–water partition coefficient (Wildman–Crippen LogP) is 2.69. The molecule has 0 spiro atoms. The highest BCUT2D eigenvalue weighted by molar-refractivity contribution is 5.43. The number of nitrogens with zero attached hydrogens (tertiary/aromatic N) is 4. The van der Waals surface area contributed by atoms with E-state index >= 15 is 0 Å². The highest BCUT2D eigenvalue weighted by atomic mass is 16.6. The van der Waals surface area contributed by atoms with Gasteiger partial charge < -0.3 is 4.90 Å². The van der Waals surface area contributed by atoms with Gasteiger partial charge in [0.15, 0.2) is 0 Å². The van der Waals surface area contributed by atoms with Gasteiger partial charge in [-0.15, -0.1) is 0 Å². The third-order valence-electron chi connectivity index (χ3n) is 4.88. The number of rotatable bonds is 4. The Morgan fingerprint density at radius 3 is 2.45 bits per heavy atom. The van der Waals surface area contributed by atoms with Gasteiger partial charge in [0.05, 0.1) is 4.92 Å². The maximum Gasteiger partial charge on any atom is 0.287 e. The molecule has 1 saturated carbocycles. The Labute approximate surface area is 131 Å². The Balaban J connectivity index is 1.49. The summed E-state index contributed by atoms with van der Waals surface area (Å²) in [4.78, 5) is 19.3. The molecule has 0 bridgehead atoms. The Kier molecular flexibility index (Phi) is 4.87. The van der Waals surface area contributed by atoms with E-state index in [1.165, 1.54) is 50.9 Å². The van der Waals surface area contributed by atoms with E-state index in [9.17, 15) is 10.1 Å². The van der Waals surface area contributed by atoms with Crippen LogP contribution in [-0.4, -0.2) is 47.5 Å². The van der Waals surface area contributed by atoms with Crippen LogP contribution in [0.3, 0.4) is 0 Å². The SMILES string of the molecule is O=[N+]([O-])c1ccc(N2CCN(CC3CCCCC3)CC2)nc1. The molecule has 2 fully saturated rings. The molecule has 6 nitrogen and oxygen atoms in total. The Morgan fingerprint density at radius 2 is 1.86 bits per heavy atom. The van der Waals surface area contributed by atoms with Gasteiger partial charge in [0.25, 0.3) is 5.69 Å². The first-order valence-corrected chi connectivity index (χ1v) is 8.30. The smallest absolute Gasteiger partial charge is 0.287 e. The standard InChI is InChI=1S/C16H24N4O2/c21-20(22)15-6-7-16(17-12-15)19-10-8-18(9-11-19)13-14-4-2-1-3-5-14/h6-7,12,14H,1-5,8-11,13H2. The molecule has 0 N–H and O–H groups in total. The lowest BCUT2D eigenvalue weighted by Crippen LogP contribution is -2.48. The molecule has 0 amide bonds. The molecule has 2 aliphatic rings. The van der Waals surface area contributed by atoms with Gasteiger partial charge >= 0.3 is 0 Å². The van der Waals surface area contributed by atoms with E-state index < -0.39 is 4.92 Å². The first kappa shape index (κ1) is 15.2. The monoisotopic (exact) mass is 304 g/mol. The molecule has 3 rings (SSSR count). The van der Waals surface area contributed by atoms with Crippen molar-refractivity contribution in [1.29, 1.82) is 0 Å². The van der Waals surface area contributed by atoms with E-state index in [0.29, 0.717) is 0 Å². The lowest BCUT2D eigenvalue weighted by Gasteiger charge is -2.37. The van der Waals surface area contributed by atoms with Crippen molar-refractivity contribution < 1.29 is 4.92 Å². The van der Waals surface area contributed by atoms with Crippen molar-refractivity contribution in [2.75, 3.05) is 37.6 Å². The quantitative estimate of drug-likeness (QED) is 0.632. The van der Waals surface area contributed by atoms with E-state index in [2.05, 4.69) is 14.8 Å². The summed E-state index contributed by atoms with van der Waals surface area (Å²) in [6.45, 7) is 5.28. The number of anilines is 1. The van der Waals surface area contributed by atoms with Crippen LogP contribution in [0.4, 0.5) is 11.5 Å². The zero-order chi connectivity index (χ0) is 15.4. The Hall–Kier alpha value is -1.69. The third-order valence-corrected chi connectivity index (χ3v) is 4.88. The Morgan fingerprint density at radius 1 is 1.14 bits per heavy atom. The lowest BCUT2D eigenvalue weighted by molar-refractivity contribution is -0.385. The highest BCUT2D eigenvalue weighted by Gasteiger charge is 2.22. The summed E-state index contributed by atoms with van der Waals surface area (Å²) in [5.74, 6) is 1.74. The van der Waals surface area contributed by atoms with Crippen LogP contribution in [0.2, 0.25) is 0 Å². The number of hydrogen-bond donors (Lipinski definition) is 0. The van der Waals surface area contributed by atoms with Gasteiger partial charge in [-0.1, -0.05) is 19.3 Å². The van der Waals surface area contributed by atoms with E-state index in [4.69, 9.17) is 0 Å². The molecular weight excluding hydrogens is 280 g/mol. The summed E-state index contributed by atoms with van der Waals surface area (Å²) in [5, 5.41) is 10.7. The molecule has 1 aliphatic heterocycles. The van der Waals surface area contributed by atoms with E-state index in [1.54, 1.807) is 6.07 Å². The topological polar surface area (TPSA) is 62.5 Å². The van der Waals surface area contributed by atoms with Crippen molar-refractivity contribution in [1.82, 2.24) is 9.88 Å². The summed E-state index contributed by atoms with van der Waals surface area (Å²) >= 11 is 0. The first-order chi connectivity index (χ1) is 10.7. The fourth-order valence-electron chi connectivity index (χ4n) is 3.57. The molecule has 0 unspecified atom stereocenters. The van der Waals surface area contributed by atoms with Crippen LogP contribution < -0.4 is 4.90 Å². The lowest BCUT2D eigenvalue weighted by atomic mass is 9.89. The van der Waals surface area contributed by atoms with Crippen molar-refractivity contribution in [3.63, 3.8) is 0 Å². The molecule has 6 heteroatoms. The van der Waals surface area contributed by atoms with E-state index in [1.807, 2.05) is 0 Å². The third kappa shape index (κ3) is 3.74. The summed E-state index contributed by atoms with van der Waals surface area (Å²) < 4.78 is 0. The van der Waals surface area contributed by atoms with E-state index in [0.717, 1.165) is 37.9 Å². The normalized spacial score (nSPS) is 21.0. The highest BCUT2D eigenvalue weighted by Crippen LogP contribution is 2.25. The van der Waals surface area contributed by atoms with Crippen molar-refractivity contribution in [3.8, 4) is 0 Å². The molecule has 0 radical (unpaired) electrons. The molecular formula is C16H24N4O2. The summed E-state index contributed by atoms with van der Waals surface area (Å²) in [7, 11) is 0. The first-order valence-electron chi connectivity index (χ1n) is 8.30. The van der Waals surface area contributed by atoms with Crippen LogP contribution in [0.25, 0.3) is 0 Å². The second-order valence-electron chi connectivity index (χ2n) is 6.42. The summed E-state index contributed by atoms with van der Waals surface area (Å²) in [5.41, 5.74) is 0.0553. The minimum absolute atomic E-state index is 0.0553. The van der Waals surface area contributed by atoms with Gasteiger partial charge in [-0.25, -0.2) is 4.98 Å². The number of pyridine rings is 1. The summed E-state index contributed by atoms with van der Waals surface area (Å²) in [6.07, 6.45) is 8.35. The van der Waals surface area contributed by atoms with Crippen molar-refractivity contribution in [3.05, 3.63) is 28.4 Å². The van der Waals surface area contributed by atoms with Gasteiger partial charge in [-0.05, 0) is 24.8 Å². The number of hydrogen-bond acceptors (Lipinski definition) is 5. The maximum absolute atomic E-state index is 10.7. The Bertz CT molecular complexity index is 491. The molecule has 0 atom stereocenters. The molecule has 1 aromatic rings.